The summed E-state index contributed by atoms with van der Waals surface area (Å²) in [7, 11) is -3.67. The van der Waals surface area contributed by atoms with Crippen LogP contribution in [0.4, 0.5) is 18.9 Å². The second kappa shape index (κ2) is 8.83. The molecule has 3 rings (SSSR count). The molecule has 2 atom stereocenters. The van der Waals surface area contributed by atoms with E-state index in [1.165, 1.54) is 43.7 Å². The molecule has 31 heavy (non-hydrogen) atoms. The lowest BCUT2D eigenvalue weighted by atomic mass is 10.1. The van der Waals surface area contributed by atoms with E-state index in [4.69, 9.17) is 15.2 Å². The number of methoxy groups -OCH3 is 1. The third-order valence-electron chi connectivity index (χ3n) is 4.69. The molecule has 0 aromatic heterocycles. The van der Waals surface area contributed by atoms with Crippen LogP contribution in [0.2, 0.25) is 0 Å². The second-order valence-corrected chi connectivity index (χ2v) is 8.91. The maximum atomic E-state index is 13.3. The molecule has 6 nitrogen and oxygen atoms in total. The number of benzene rings is 2. The highest BCUT2D eigenvalue weighted by atomic mass is 32.2. The average Bonchev–Trinajstić information content (AvgIpc) is 2.72. The van der Waals surface area contributed by atoms with Gasteiger partial charge < -0.3 is 15.2 Å². The molecule has 1 aliphatic rings. The Morgan fingerprint density at radius 1 is 1.06 bits per heavy atom. The fourth-order valence-corrected chi connectivity index (χ4v) is 5.21. The third kappa shape index (κ3) is 4.82. The Kier molecular flexibility index (Phi) is 6.56. The number of halogens is 3. The van der Waals surface area contributed by atoms with Gasteiger partial charge in [0.25, 0.3) is 0 Å². The summed E-state index contributed by atoms with van der Waals surface area (Å²) in [4.78, 5) is 0. The minimum Gasteiger partial charge on any atom is -0.457 e. The van der Waals surface area contributed by atoms with Gasteiger partial charge in [-0.1, -0.05) is 24.3 Å². The number of rotatable bonds is 7. The largest absolute Gasteiger partial charge is 0.457 e. The summed E-state index contributed by atoms with van der Waals surface area (Å²) >= 11 is 0. The lowest BCUT2D eigenvalue weighted by Crippen LogP contribution is -2.60. The summed E-state index contributed by atoms with van der Waals surface area (Å²) in [5.41, 5.74) is 6.06. The first kappa shape index (κ1) is 23.0. The SMILES string of the molecule is COC1C=CC(CN)=C[N+]1(c1cccc(Oc2ccccc2)c1)S(=O)(=O)CC(F)(F)F. The number of nitrogens with zero attached hydrogens (tertiary/aromatic N) is 1. The first-order chi connectivity index (χ1) is 14.6. The quantitative estimate of drug-likeness (QED) is 0.637. The molecule has 10 heteroatoms. The van der Waals surface area contributed by atoms with Crippen molar-refractivity contribution in [3.05, 3.63) is 78.5 Å². The van der Waals surface area contributed by atoms with Crippen molar-refractivity contribution in [1.82, 2.24) is 3.89 Å². The lowest BCUT2D eigenvalue weighted by molar-refractivity contribution is -0.107. The van der Waals surface area contributed by atoms with Gasteiger partial charge >= 0.3 is 16.2 Å². The molecule has 1 heterocycles. The molecule has 2 unspecified atom stereocenters. The molecule has 0 amide bonds. The van der Waals surface area contributed by atoms with E-state index >= 15 is 0 Å². The number of quaternary nitrogens is 1. The fourth-order valence-electron chi connectivity index (χ4n) is 3.38. The summed E-state index contributed by atoms with van der Waals surface area (Å²) in [6.45, 7) is -0.0608. The van der Waals surface area contributed by atoms with Crippen molar-refractivity contribution >= 4 is 15.7 Å². The summed E-state index contributed by atoms with van der Waals surface area (Å²) in [6.07, 6.45) is -2.08. The Hall–Kier alpha value is -2.66. The summed E-state index contributed by atoms with van der Waals surface area (Å²) in [5, 5.41) is 0. The fraction of sp³-hybridized carbons (Fsp3) is 0.238. The van der Waals surface area contributed by atoms with Crippen molar-refractivity contribution in [2.24, 2.45) is 5.73 Å². The third-order valence-corrected chi connectivity index (χ3v) is 6.83. The first-order valence-electron chi connectivity index (χ1n) is 9.26. The van der Waals surface area contributed by atoms with Crippen LogP contribution >= 0.6 is 0 Å². The van der Waals surface area contributed by atoms with E-state index < -0.39 is 32.1 Å². The second-order valence-electron chi connectivity index (χ2n) is 6.86. The standard InChI is InChI=1S/C21H22F3N2O4S/c1-29-20-11-10-16(13-25)14-26(20,31(27,28)15-21(22,23)24)17-6-5-9-19(12-17)30-18-7-3-2-4-8-18/h2-12,14,20H,13,15,25H2,1H3/q+1. The van der Waals surface area contributed by atoms with Crippen molar-refractivity contribution < 1.29 is 31.1 Å². The Bertz CT molecular complexity index is 1090. The maximum Gasteiger partial charge on any atom is 0.408 e. The topological polar surface area (TPSA) is 78.6 Å². The van der Waals surface area contributed by atoms with Crippen LogP contribution in [0.25, 0.3) is 0 Å². The molecule has 2 aromatic rings. The zero-order chi connectivity index (χ0) is 22.7. The number of hydrogen-bond acceptors (Lipinski definition) is 5. The van der Waals surface area contributed by atoms with Crippen LogP contribution in [0, 0.1) is 0 Å². The molecule has 0 saturated heterocycles. The van der Waals surface area contributed by atoms with Crippen molar-refractivity contribution in [2.45, 2.75) is 12.4 Å². The molecular weight excluding hydrogens is 433 g/mol. The molecule has 0 fully saturated rings. The van der Waals surface area contributed by atoms with E-state index in [9.17, 15) is 21.6 Å². The highest BCUT2D eigenvalue weighted by Gasteiger charge is 2.55. The van der Waals surface area contributed by atoms with Crippen molar-refractivity contribution in [3.63, 3.8) is 0 Å². The van der Waals surface area contributed by atoms with Gasteiger partial charge in [-0.15, -0.1) is 3.89 Å². The Morgan fingerprint density at radius 3 is 2.35 bits per heavy atom. The summed E-state index contributed by atoms with van der Waals surface area (Å²) in [6, 6.07) is 14.6. The number of para-hydroxylation sites is 1. The summed E-state index contributed by atoms with van der Waals surface area (Å²) < 4.78 is 76.1. The Labute approximate surface area is 178 Å². The van der Waals surface area contributed by atoms with E-state index in [0.717, 1.165) is 0 Å². The predicted octanol–water partition coefficient (Wildman–Crippen LogP) is 4.06. The molecule has 0 radical (unpaired) electrons. The summed E-state index contributed by atoms with van der Waals surface area (Å²) in [5.74, 6) is -1.29. The maximum absolute atomic E-state index is 13.3. The van der Waals surface area contributed by atoms with Crippen molar-refractivity contribution in [2.75, 3.05) is 19.4 Å². The molecule has 0 saturated carbocycles. The molecular formula is C21H22F3N2O4S+. The molecule has 2 N–H and O–H groups in total. The first-order valence-corrected chi connectivity index (χ1v) is 10.9. The number of ether oxygens (including phenoxy) is 2. The molecule has 0 spiro atoms. The minimum absolute atomic E-state index is 0.0276. The van der Waals surface area contributed by atoms with Gasteiger partial charge in [0, 0.05) is 37.4 Å². The molecule has 166 valence electrons. The van der Waals surface area contributed by atoms with E-state index in [1.807, 2.05) is 0 Å². The number of sulfonamides is 1. The zero-order valence-electron chi connectivity index (χ0n) is 16.6. The highest BCUT2D eigenvalue weighted by Crippen LogP contribution is 2.40. The molecule has 0 bridgehead atoms. The van der Waals surface area contributed by atoms with Gasteiger partial charge in [0.2, 0.25) is 6.23 Å². The molecule has 0 aliphatic carbocycles. The molecule has 1 aliphatic heterocycles. The van der Waals surface area contributed by atoms with E-state index in [0.29, 0.717) is 11.3 Å². The van der Waals surface area contributed by atoms with Crippen LogP contribution in [0.5, 0.6) is 11.5 Å². The smallest absolute Gasteiger partial charge is 0.408 e. The van der Waals surface area contributed by atoms with E-state index in [2.05, 4.69) is 0 Å². The Morgan fingerprint density at radius 2 is 1.74 bits per heavy atom. The van der Waals surface area contributed by atoms with Gasteiger partial charge in [-0.25, -0.2) is 0 Å². The van der Waals surface area contributed by atoms with E-state index in [1.54, 1.807) is 36.4 Å². The van der Waals surface area contributed by atoms with Crippen molar-refractivity contribution in [3.8, 4) is 11.5 Å². The minimum atomic E-state index is -4.95. The number of alkyl halides is 3. The molecule has 2 aromatic carbocycles. The van der Waals surface area contributed by atoms with Crippen LogP contribution in [0.1, 0.15) is 0 Å². The zero-order valence-corrected chi connectivity index (χ0v) is 17.4. The van der Waals surface area contributed by atoms with Gasteiger partial charge in [0.1, 0.15) is 17.7 Å². The Balaban J connectivity index is 2.19. The van der Waals surface area contributed by atoms with Gasteiger partial charge in [-0.2, -0.15) is 21.6 Å². The number of nitrogens with two attached hydrogens (primary N) is 1. The van der Waals surface area contributed by atoms with Crippen LogP contribution in [0.15, 0.2) is 78.5 Å². The number of hydrogen-bond donors (Lipinski definition) is 1. The van der Waals surface area contributed by atoms with Gasteiger partial charge in [-0.3, -0.25) is 0 Å². The van der Waals surface area contributed by atoms with E-state index in [-0.39, 0.29) is 18.0 Å². The predicted molar refractivity (Wildman–Crippen MR) is 112 cm³/mol. The average molecular weight is 455 g/mol. The lowest BCUT2D eigenvalue weighted by Gasteiger charge is -2.39. The van der Waals surface area contributed by atoms with Crippen LogP contribution in [0.3, 0.4) is 0 Å². The van der Waals surface area contributed by atoms with Crippen molar-refractivity contribution in [1.29, 1.82) is 0 Å². The highest BCUT2D eigenvalue weighted by molar-refractivity contribution is 7.91. The van der Waals surface area contributed by atoms with Gasteiger partial charge in [0.15, 0.2) is 11.4 Å². The normalized spacial score (nSPS) is 21.6. The van der Waals surface area contributed by atoms with Crippen LogP contribution < -0.4 is 14.4 Å². The van der Waals surface area contributed by atoms with Gasteiger partial charge in [0.05, 0.1) is 0 Å². The van der Waals surface area contributed by atoms with Gasteiger partial charge in [-0.05, 0) is 24.3 Å². The van der Waals surface area contributed by atoms with Crippen LogP contribution in [-0.4, -0.2) is 40.2 Å². The van der Waals surface area contributed by atoms with Crippen LogP contribution in [-0.2, 0) is 14.8 Å². The monoisotopic (exact) mass is 455 g/mol.